The highest BCUT2D eigenvalue weighted by molar-refractivity contribution is 7.92. The number of nitrogens with one attached hydrogen (secondary N) is 1. The van der Waals surface area contributed by atoms with Crippen molar-refractivity contribution < 1.29 is 31.5 Å². The van der Waals surface area contributed by atoms with Gasteiger partial charge in [-0.3, -0.25) is 9.10 Å². The van der Waals surface area contributed by atoms with E-state index in [1.54, 1.807) is 24.3 Å². The number of carbonyl (C=O) groups is 1. The van der Waals surface area contributed by atoms with Crippen molar-refractivity contribution in [2.45, 2.75) is 26.0 Å². The summed E-state index contributed by atoms with van der Waals surface area (Å²) in [4.78, 5) is 12.6. The number of ether oxygens (including phenoxy) is 2. The molecule has 0 aromatic heterocycles. The van der Waals surface area contributed by atoms with E-state index < -0.39 is 16.6 Å². The first-order chi connectivity index (χ1) is 14.2. The lowest BCUT2D eigenvalue weighted by atomic mass is 10.0. The summed E-state index contributed by atoms with van der Waals surface area (Å²) in [6.07, 6.45) is 2.53. The number of hydrogen-bond acceptors (Lipinski definition) is 5. The van der Waals surface area contributed by atoms with Crippen molar-refractivity contribution in [3.8, 4) is 11.5 Å². The molecule has 0 atom stereocenters. The molecule has 7 nitrogen and oxygen atoms in total. The van der Waals surface area contributed by atoms with Crippen LogP contribution in [0.3, 0.4) is 0 Å². The number of fused-ring (bicyclic) bond motifs is 1. The molecular weight excluding hydrogens is 418 g/mol. The molecule has 2 aromatic carbocycles. The largest absolute Gasteiger partial charge is 0.493 e. The summed E-state index contributed by atoms with van der Waals surface area (Å²) in [5, 5.41) is 2.76. The van der Waals surface area contributed by atoms with Gasteiger partial charge in [0.1, 0.15) is 0 Å². The fraction of sp³-hybridized carbons (Fsp3) is 0.350. The average Bonchev–Trinajstić information content (AvgIpc) is 2.70. The van der Waals surface area contributed by atoms with Crippen LogP contribution in [-0.4, -0.2) is 40.8 Å². The smallest absolute Gasteiger partial charge is 0.387 e. The number of amides is 1. The Labute approximate surface area is 173 Å². The van der Waals surface area contributed by atoms with Crippen LogP contribution >= 0.6 is 0 Å². The van der Waals surface area contributed by atoms with Gasteiger partial charge in [0.15, 0.2) is 11.5 Å². The second-order valence-corrected chi connectivity index (χ2v) is 8.74. The molecule has 0 radical (unpaired) electrons. The molecule has 0 bridgehead atoms. The zero-order valence-corrected chi connectivity index (χ0v) is 17.3. The van der Waals surface area contributed by atoms with Gasteiger partial charge in [-0.15, -0.1) is 0 Å². The van der Waals surface area contributed by atoms with Crippen molar-refractivity contribution in [1.29, 1.82) is 0 Å². The summed E-state index contributed by atoms with van der Waals surface area (Å²) in [5.41, 5.74) is 2.45. The van der Waals surface area contributed by atoms with Crippen molar-refractivity contribution >= 4 is 21.6 Å². The second kappa shape index (κ2) is 8.86. The summed E-state index contributed by atoms with van der Waals surface area (Å²) in [7, 11) is -2.04. The molecule has 1 amide bonds. The van der Waals surface area contributed by atoms with E-state index >= 15 is 0 Å². The molecule has 0 saturated carbocycles. The van der Waals surface area contributed by atoms with E-state index in [2.05, 4.69) is 10.1 Å². The van der Waals surface area contributed by atoms with E-state index in [0.717, 1.165) is 11.8 Å². The third kappa shape index (κ3) is 4.99. The highest BCUT2D eigenvalue weighted by atomic mass is 32.2. The van der Waals surface area contributed by atoms with E-state index in [9.17, 15) is 22.0 Å². The number of nitrogens with zero attached hydrogens (tertiary/aromatic N) is 1. The van der Waals surface area contributed by atoms with E-state index in [1.807, 2.05) is 0 Å². The van der Waals surface area contributed by atoms with Crippen molar-refractivity contribution in [1.82, 2.24) is 5.32 Å². The van der Waals surface area contributed by atoms with Crippen molar-refractivity contribution in [2.75, 3.05) is 24.2 Å². The van der Waals surface area contributed by atoms with E-state index in [1.165, 1.54) is 23.5 Å². The standard InChI is InChI=1S/C20H22F2N2O5S/c1-28-18-10-13(5-8-17(18)29-20(21)22)12-23-19(25)15-6-7-16-14(11-15)4-3-9-24(16)30(2,26)27/h5-8,10-11,20H,3-4,9,12H2,1-2H3,(H,23,25). The Hall–Kier alpha value is -2.88. The van der Waals surface area contributed by atoms with Crippen LogP contribution in [0, 0.1) is 0 Å². The molecule has 0 saturated heterocycles. The third-order valence-electron chi connectivity index (χ3n) is 4.72. The molecule has 0 aliphatic carbocycles. The Kier molecular flexibility index (Phi) is 6.45. The Balaban J connectivity index is 1.71. The molecule has 1 N–H and O–H groups in total. The van der Waals surface area contributed by atoms with Crippen molar-refractivity contribution in [3.63, 3.8) is 0 Å². The van der Waals surface area contributed by atoms with Crippen molar-refractivity contribution in [3.05, 3.63) is 53.1 Å². The van der Waals surface area contributed by atoms with Crippen LogP contribution in [0.25, 0.3) is 0 Å². The van der Waals surface area contributed by atoms with Gasteiger partial charge >= 0.3 is 6.61 Å². The molecule has 3 rings (SSSR count). The number of anilines is 1. The number of alkyl halides is 2. The maximum Gasteiger partial charge on any atom is 0.387 e. The molecule has 0 fully saturated rings. The number of aryl methyl sites for hydroxylation is 1. The quantitative estimate of drug-likeness (QED) is 0.716. The highest BCUT2D eigenvalue weighted by Gasteiger charge is 2.24. The molecule has 0 unspecified atom stereocenters. The molecule has 1 heterocycles. The molecule has 1 aliphatic rings. The SMILES string of the molecule is COc1cc(CNC(=O)c2ccc3c(c2)CCCN3S(C)(=O)=O)ccc1OC(F)F. The normalized spacial score (nSPS) is 13.7. The van der Waals surface area contributed by atoms with Crippen LogP contribution < -0.4 is 19.1 Å². The van der Waals surface area contributed by atoms with Gasteiger partial charge in [-0.05, 0) is 54.3 Å². The van der Waals surface area contributed by atoms with Crippen LogP contribution in [0.2, 0.25) is 0 Å². The summed E-state index contributed by atoms with van der Waals surface area (Å²) in [6, 6.07) is 9.33. The molecule has 10 heteroatoms. The van der Waals surface area contributed by atoms with Gasteiger partial charge in [0.2, 0.25) is 10.0 Å². The Morgan fingerprint density at radius 3 is 2.63 bits per heavy atom. The van der Waals surface area contributed by atoms with Gasteiger partial charge in [-0.25, -0.2) is 8.42 Å². The first kappa shape index (κ1) is 21.8. The van der Waals surface area contributed by atoms with Crippen molar-refractivity contribution in [2.24, 2.45) is 0 Å². The van der Waals surface area contributed by atoms with E-state index in [4.69, 9.17) is 4.74 Å². The molecule has 30 heavy (non-hydrogen) atoms. The number of sulfonamides is 1. The number of benzene rings is 2. The van der Waals surface area contributed by atoms with Gasteiger partial charge in [-0.1, -0.05) is 6.07 Å². The number of methoxy groups -OCH3 is 1. The van der Waals surface area contributed by atoms with Crippen LogP contribution in [0.15, 0.2) is 36.4 Å². The Bertz CT molecular complexity index is 1040. The van der Waals surface area contributed by atoms with Gasteiger partial charge in [-0.2, -0.15) is 8.78 Å². The maximum atomic E-state index is 12.6. The zero-order valence-electron chi connectivity index (χ0n) is 16.5. The minimum atomic E-state index is -3.37. The Morgan fingerprint density at radius 1 is 1.20 bits per heavy atom. The lowest BCUT2D eigenvalue weighted by molar-refractivity contribution is -0.0512. The van der Waals surface area contributed by atoms with Crippen LogP contribution in [0.5, 0.6) is 11.5 Å². The predicted molar refractivity (Wildman–Crippen MR) is 108 cm³/mol. The number of rotatable bonds is 7. The fourth-order valence-electron chi connectivity index (χ4n) is 3.35. The summed E-state index contributed by atoms with van der Waals surface area (Å²) >= 11 is 0. The third-order valence-corrected chi connectivity index (χ3v) is 5.90. The van der Waals surface area contributed by atoms with Gasteiger partial charge < -0.3 is 14.8 Å². The first-order valence-electron chi connectivity index (χ1n) is 9.19. The Morgan fingerprint density at radius 2 is 1.97 bits per heavy atom. The number of halogens is 2. The van der Waals surface area contributed by atoms with Gasteiger partial charge in [0.05, 0.1) is 19.1 Å². The van der Waals surface area contributed by atoms with E-state index in [-0.39, 0.29) is 24.0 Å². The van der Waals surface area contributed by atoms with Gasteiger partial charge in [0, 0.05) is 18.7 Å². The van der Waals surface area contributed by atoms with Crippen LogP contribution in [0.1, 0.15) is 27.9 Å². The molecular formula is C20H22F2N2O5S. The summed E-state index contributed by atoms with van der Waals surface area (Å²) in [5.74, 6) is -0.287. The molecule has 2 aromatic rings. The molecule has 1 aliphatic heterocycles. The lowest BCUT2D eigenvalue weighted by Crippen LogP contribution is -2.34. The predicted octanol–water partition coefficient (Wildman–Crippen LogP) is 2.94. The summed E-state index contributed by atoms with van der Waals surface area (Å²) < 4.78 is 59.5. The average molecular weight is 440 g/mol. The fourth-order valence-corrected chi connectivity index (χ4v) is 4.34. The number of carbonyl (C=O) groups excluding carboxylic acids is 1. The lowest BCUT2D eigenvalue weighted by Gasteiger charge is -2.29. The van der Waals surface area contributed by atoms with Crippen LogP contribution in [0.4, 0.5) is 14.5 Å². The second-order valence-electron chi connectivity index (χ2n) is 6.83. The minimum absolute atomic E-state index is 0.0901. The van der Waals surface area contributed by atoms with Crippen LogP contribution in [-0.2, 0) is 23.0 Å². The highest BCUT2D eigenvalue weighted by Crippen LogP contribution is 2.31. The first-order valence-corrected chi connectivity index (χ1v) is 11.0. The van der Waals surface area contributed by atoms with E-state index in [0.29, 0.717) is 36.2 Å². The monoisotopic (exact) mass is 440 g/mol. The number of hydrogen-bond donors (Lipinski definition) is 1. The van der Waals surface area contributed by atoms with Gasteiger partial charge in [0.25, 0.3) is 5.91 Å². The molecule has 0 spiro atoms. The minimum Gasteiger partial charge on any atom is -0.493 e. The topological polar surface area (TPSA) is 84.9 Å². The molecule has 162 valence electrons. The summed E-state index contributed by atoms with van der Waals surface area (Å²) in [6.45, 7) is -2.40. The zero-order chi connectivity index (χ0) is 21.9. The maximum absolute atomic E-state index is 12.6.